The van der Waals surface area contributed by atoms with Crippen LogP contribution in [0.2, 0.25) is 0 Å². The lowest BCUT2D eigenvalue weighted by atomic mass is 10.1. The van der Waals surface area contributed by atoms with E-state index in [1.54, 1.807) is 10.8 Å². The first-order valence-electron chi connectivity index (χ1n) is 8.08. The van der Waals surface area contributed by atoms with Gasteiger partial charge < -0.3 is 25.8 Å². The Hall–Kier alpha value is -3.66. The third kappa shape index (κ3) is 4.18. The van der Waals surface area contributed by atoms with Gasteiger partial charge in [0, 0.05) is 17.3 Å². The van der Waals surface area contributed by atoms with E-state index in [0.717, 1.165) is 11.1 Å². The lowest BCUT2D eigenvalue weighted by Gasteiger charge is -2.09. The predicted octanol–water partition coefficient (Wildman–Crippen LogP) is 2.53. The summed E-state index contributed by atoms with van der Waals surface area (Å²) in [6.07, 6.45) is 0. The average molecular weight is 400 g/mol. The number of nitrogens with one attached hydrogen (secondary N) is 3. The second-order valence-electron chi connectivity index (χ2n) is 5.91. The number of anilines is 1. The number of carboxylic acid groups (broad SMARTS) is 1. The minimum Gasteiger partial charge on any atom is -0.501 e. The topological polar surface area (TPSA) is 144 Å². The van der Waals surface area contributed by atoms with Crippen molar-refractivity contribution in [1.29, 1.82) is 0 Å². The molecule has 144 valence electrons. The van der Waals surface area contributed by atoms with Gasteiger partial charge in [-0.1, -0.05) is 29.8 Å². The summed E-state index contributed by atoms with van der Waals surface area (Å²) in [5, 5.41) is 27.2. The van der Waals surface area contributed by atoms with E-state index < -0.39 is 29.0 Å². The summed E-state index contributed by atoms with van der Waals surface area (Å²) in [7, 11) is 0. The first-order valence-corrected chi connectivity index (χ1v) is 9.03. The molecule has 0 radical (unpaired) electrons. The van der Waals surface area contributed by atoms with Gasteiger partial charge in [-0.05, 0) is 12.5 Å². The molecule has 10 heteroatoms. The number of carboxylic acids is 1. The number of H-pyrrole nitrogens is 1. The van der Waals surface area contributed by atoms with Crippen molar-refractivity contribution in [3.63, 3.8) is 0 Å². The van der Waals surface area contributed by atoms with Crippen LogP contribution < -0.4 is 16.2 Å². The van der Waals surface area contributed by atoms with E-state index in [2.05, 4.69) is 20.6 Å². The van der Waals surface area contributed by atoms with Gasteiger partial charge >= 0.3 is 12.0 Å². The van der Waals surface area contributed by atoms with Crippen LogP contribution in [-0.2, 0) is 6.54 Å². The number of aromatic nitrogens is 2. The molecule has 0 fully saturated rings. The lowest BCUT2D eigenvalue weighted by Crippen LogP contribution is -2.28. The lowest BCUT2D eigenvalue weighted by molar-refractivity contribution is 0.0686. The molecule has 2 aromatic heterocycles. The van der Waals surface area contributed by atoms with Crippen molar-refractivity contribution in [2.75, 3.05) is 5.32 Å². The molecule has 0 saturated carbocycles. The van der Waals surface area contributed by atoms with E-state index in [0.29, 0.717) is 17.8 Å². The van der Waals surface area contributed by atoms with E-state index in [1.807, 2.05) is 31.2 Å². The molecule has 28 heavy (non-hydrogen) atoms. The van der Waals surface area contributed by atoms with E-state index in [-0.39, 0.29) is 5.82 Å². The number of aryl methyl sites for hydroxylation is 1. The van der Waals surface area contributed by atoms with Crippen LogP contribution in [0.1, 0.15) is 21.6 Å². The summed E-state index contributed by atoms with van der Waals surface area (Å²) in [6.45, 7) is 2.29. The Kier molecular flexibility index (Phi) is 5.41. The standard InChI is InChI=1S/C18H16N4O5S/c1-9-2-4-10(5-3-9)6-19-18(27)20-12-8-28-7-11(12)15-21-13(17(25)26)14(23)16(24)22-15/h2-5,7-8,23H,6H2,1H3,(H,25,26)(H2,19,20,27)(H,21,22,24). The van der Waals surface area contributed by atoms with Crippen LogP contribution in [0, 0.1) is 6.92 Å². The average Bonchev–Trinajstić information content (AvgIpc) is 3.11. The van der Waals surface area contributed by atoms with Gasteiger partial charge in [0.05, 0.1) is 11.3 Å². The Morgan fingerprint density at radius 2 is 1.93 bits per heavy atom. The summed E-state index contributed by atoms with van der Waals surface area (Å²) >= 11 is 1.23. The number of aromatic amines is 1. The number of urea groups is 1. The Bertz CT molecular complexity index is 1090. The molecule has 2 heterocycles. The minimum atomic E-state index is -1.54. The third-order valence-corrected chi connectivity index (χ3v) is 4.58. The Morgan fingerprint density at radius 3 is 2.61 bits per heavy atom. The van der Waals surface area contributed by atoms with Crippen molar-refractivity contribution in [3.05, 3.63) is 62.2 Å². The van der Waals surface area contributed by atoms with Crippen molar-refractivity contribution in [2.24, 2.45) is 0 Å². The van der Waals surface area contributed by atoms with Crippen LogP contribution in [0.5, 0.6) is 5.75 Å². The zero-order valence-corrected chi connectivity index (χ0v) is 15.5. The predicted molar refractivity (Wildman–Crippen MR) is 104 cm³/mol. The molecule has 0 aliphatic rings. The Labute approximate surface area is 162 Å². The van der Waals surface area contributed by atoms with E-state index in [9.17, 15) is 19.5 Å². The van der Waals surface area contributed by atoms with Crippen molar-refractivity contribution in [2.45, 2.75) is 13.5 Å². The second kappa shape index (κ2) is 7.92. The number of nitrogens with zero attached hydrogens (tertiary/aromatic N) is 1. The first kappa shape index (κ1) is 19.1. The first-order chi connectivity index (χ1) is 13.3. The van der Waals surface area contributed by atoms with Crippen LogP contribution in [0.4, 0.5) is 10.5 Å². The molecule has 5 N–H and O–H groups in total. The number of aromatic hydroxyl groups is 1. The van der Waals surface area contributed by atoms with Crippen LogP contribution in [0.25, 0.3) is 11.4 Å². The summed E-state index contributed by atoms with van der Waals surface area (Å²) < 4.78 is 0. The molecule has 0 atom stereocenters. The molecule has 3 rings (SSSR count). The second-order valence-corrected chi connectivity index (χ2v) is 6.65. The highest BCUT2D eigenvalue weighted by atomic mass is 32.1. The molecule has 1 aromatic carbocycles. The maximum atomic E-state index is 12.2. The third-order valence-electron chi connectivity index (χ3n) is 3.84. The number of hydrogen-bond donors (Lipinski definition) is 5. The normalized spacial score (nSPS) is 10.5. The van der Waals surface area contributed by atoms with E-state index >= 15 is 0 Å². The van der Waals surface area contributed by atoms with Crippen LogP contribution in [-0.4, -0.2) is 32.2 Å². The van der Waals surface area contributed by atoms with Crippen LogP contribution in [0.15, 0.2) is 39.8 Å². The number of carbonyl (C=O) groups is 2. The number of aromatic carboxylic acids is 1. The SMILES string of the molecule is Cc1ccc(CNC(=O)Nc2cscc2-c2nc(C(=O)O)c(O)c(=O)[nH]2)cc1. The van der Waals surface area contributed by atoms with Crippen molar-refractivity contribution in [1.82, 2.24) is 15.3 Å². The van der Waals surface area contributed by atoms with E-state index in [4.69, 9.17) is 5.11 Å². The van der Waals surface area contributed by atoms with E-state index in [1.165, 1.54) is 11.3 Å². The number of amides is 2. The van der Waals surface area contributed by atoms with Crippen LogP contribution in [0.3, 0.4) is 0 Å². The largest absolute Gasteiger partial charge is 0.501 e. The fourth-order valence-corrected chi connectivity index (χ4v) is 3.14. The zero-order valence-electron chi connectivity index (χ0n) is 14.6. The molecule has 2 amide bonds. The molecule has 0 bridgehead atoms. The maximum absolute atomic E-state index is 12.2. The van der Waals surface area contributed by atoms with Gasteiger partial charge in [-0.25, -0.2) is 14.6 Å². The molecule has 0 unspecified atom stereocenters. The molecule has 0 saturated heterocycles. The Balaban J connectivity index is 1.77. The van der Waals surface area contributed by atoms with Crippen LogP contribution >= 0.6 is 11.3 Å². The van der Waals surface area contributed by atoms with Crippen molar-refractivity contribution < 1.29 is 19.8 Å². The monoisotopic (exact) mass is 400 g/mol. The van der Waals surface area contributed by atoms with Crippen molar-refractivity contribution in [3.8, 4) is 17.1 Å². The molecular formula is C18H16N4O5S. The number of hydrogen-bond acceptors (Lipinski definition) is 6. The molecule has 9 nitrogen and oxygen atoms in total. The van der Waals surface area contributed by atoms with Crippen molar-refractivity contribution >= 4 is 29.0 Å². The Morgan fingerprint density at radius 1 is 1.21 bits per heavy atom. The highest BCUT2D eigenvalue weighted by molar-refractivity contribution is 7.08. The fraction of sp³-hybridized carbons (Fsp3) is 0.111. The van der Waals surface area contributed by atoms with Gasteiger partial charge in [0.15, 0.2) is 5.69 Å². The molecular weight excluding hydrogens is 384 g/mol. The number of carbonyl (C=O) groups excluding carboxylic acids is 1. The number of benzene rings is 1. The summed E-state index contributed by atoms with van der Waals surface area (Å²) in [4.78, 5) is 41.2. The number of thiophene rings is 1. The molecule has 0 aliphatic carbocycles. The smallest absolute Gasteiger partial charge is 0.358 e. The van der Waals surface area contributed by atoms with Gasteiger partial charge in [-0.2, -0.15) is 0 Å². The maximum Gasteiger partial charge on any atom is 0.358 e. The molecule has 0 spiro atoms. The van der Waals surface area contributed by atoms with Gasteiger partial charge in [0.2, 0.25) is 5.75 Å². The highest BCUT2D eigenvalue weighted by Crippen LogP contribution is 2.29. The van der Waals surface area contributed by atoms with Gasteiger partial charge in [-0.15, -0.1) is 11.3 Å². The van der Waals surface area contributed by atoms with Gasteiger partial charge in [-0.3, -0.25) is 4.79 Å². The zero-order chi connectivity index (χ0) is 20.3. The van der Waals surface area contributed by atoms with Gasteiger partial charge in [0.25, 0.3) is 5.56 Å². The summed E-state index contributed by atoms with van der Waals surface area (Å²) in [5.74, 6) is -2.59. The highest BCUT2D eigenvalue weighted by Gasteiger charge is 2.19. The fourth-order valence-electron chi connectivity index (χ4n) is 2.38. The minimum absolute atomic E-state index is 0.0738. The summed E-state index contributed by atoms with van der Waals surface area (Å²) in [6, 6.07) is 7.23. The molecule has 3 aromatic rings. The molecule has 0 aliphatic heterocycles. The quantitative estimate of drug-likeness (QED) is 0.445. The summed E-state index contributed by atoms with van der Waals surface area (Å²) in [5.41, 5.74) is 0.976. The number of rotatable bonds is 5. The van der Waals surface area contributed by atoms with Gasteiger partial charge in [0.1, 0.15) is 5.82 Å².